The molecule has 0 bridgehead atoms. The van der Waals surface area contributed by atoms with E-state index in [-0.39, 0.29) is 11.3 Å². The van der Waals surface area contributed by atoms with E-state index in [4.69, 9.17) is 4.42 Å². The van der Waals surface area contributed by atoms with Gasteiger partial charge in [0.05, 0.1) is 0 Å². The molecule has 3 aromatic rings. The minimum atomic E-state index is -0.518. The Morgan fingerprint density at radius 3 is 2.60 bits per heavy atom. The number of hydrogen-bond acceptors (Lipinski definition) is 2. The molecule has 0 amide bonds. The molecule has 3 rings (SSSR count). The molecule has 0 atom stereocenters. The Labute approximate surface area is 126 Å². The summed E-state index contributed by atoms with van der Waals surface area (Å²) in [4.78, 5) is 12.3. The summed E-state index contributed by atoms with van der Waals surface area (Å²) < 4.78 is 32.3. The molecule has 0 unspecified atom stereocenters. The molecule has 0 aliphatic carbocycles. The monoisotopic (exact) mass is 384 g/mol. The van der Waals surface area contributed by atoms with Crippen LogP contribution in [0.15, 0.2) is 46.9 Å². The summed E-state index contributed by atoms with van der Waals surface area (Å²) in [5.74, 6) is -1.29. The molecule has 1 aromatic heterocycles. The molecule has 2 nitrogen and oxygen atoms in total. The van der Waals surface area contributed by atoms with E-state index in [1.807, 2.05) is 22.6 Å². The fourth-order valence-electron chi connectivity index (χ4n) is 1.95. The van der Waals surface area contributed by atoms with Crippen LogP contribution in [0.3, 0.4) is 0 Å². The molecule has 0 radical (unpaired) electrons. The molecule has 1 heterocycles. The molecular formula is C15H7F2IO2. The van der Waals surface area contributed by atoms with Gasteiger partial charge in [-0.1, -0.05) is 12.1 Å². The Morgan fingerprint density at radius 1 is 1.10 bits per heavy atom. The average Bonchev–Trinajstić information content (AvgIpc) is 2.83. The molecule has 20 heavy (non-hydrogen) atoms. The van der Waals surface area contributed by atoms with Gasteiger partial charge in [-0.3, -0.25) is 4.79 Å². The van der Waals surface area contributed by atoms with Crippen molar-refractivity contribution in [3.63, 3.8) is 0 Å². The van der Waals surface area contributed by atoms with Gasteiger partial charge < -0.3 is 4.42 Å². The second-order valence-electron chi connectivity index (χ2n) is 4.22. The molecule has 0 N–H and O–H groups in total. The van der Waals surface area contributed by atoms with Crippen LogP contribution in [0, 0.1) is 15.2 Å². The third-order valence-electron chi connectivity index (χ3n) is 2.90. The molecule has 0 aliphatic rings. The van der Waals surface area contributed by atoms with E-state index >= 15 is 0 Å². The molecule has 0 aliphatic heterocycles. The average molecular weight is 384 g/mol. The normalized spacial score (nSPS) is 10.9. The van der Waals surface area contributed by atoms with Gasteiger partial charge in [0.2, 0.25) is 5.78 Å². The summed E-state index contributed by atoms with van der Waals surface area (Å²) in [6.07, 6.45) is 0. The number of rotatable bonds is 2. The summed E-state index contributed by atoms with van der Waals surface area (Å²) in [7, 11) is 0. The zero-order valence-electron chi connectivity index (χ0n) is 9.99. The summed E-state index contributed by atoms with van der Waals surface area (Å²) in [6, 6.07) is 9.82. The highest BCUT2D eigenvalue weighted by Gasteiger charge is 2.18. The van der Waals surface area contributed by atoms with Crippen molar-refractivity contribution >= 4 is 39.3 Å². The first kappa shape index (κ1) is 13.2. The summed E-state index contributed by atoms with van der Waals surface area (Å²) in [6.45, 7) is 0. The van der Waals surface area contributed by atoms with Gasteiger partial charge >= 0.3 is 0 Å². The Bertz CT molecular complexity index is 824. The maximum absolute atomic E-state index is 13.5. The zero-order valence-corrected chi connectivity index (χ0v) is 12.1. The van der Waals surface area contributed by atoms with Crippen molar-refractivity contribution in [2.24, 2.45) is 0 Å². The lowest BCUT2D eigenvalue weighted by atomic mass is 10.1. The van der Waals surface area contributed by atoms with Crippen LogP contribution in [0.5, 0.6) is 0 Å². The van der Waals surface area contributed by atoms with Gasteiger partial charge in [0.15, 0.2) is 17.2 Å². The molecule has 2 aromatic carbocycles. The number of ketones is 1. The van der Waals surface area contributed by atoms with Gasteiger partial charge in [0.25, 0.3) is 0 Å². The molecule has 0 saturated heterocycles. The van der Waals surface area contributed by atoms with Crippen molar-refractivity contribution < 1.29 is 18.0 Å². The maximum Gasteiger partial charge on any atom is 0.229 e. The SMILES string of the molecule is O=C(c1cc2cccc(F)c2o1)c1ccc(F)cc1I. The van der Waals surface area contributed by atoms with E-state index in [1.54, 1.807) is 12.1 Å². The number of hydrogen-bond donors (Lipinski definition) is 0. The minimum absolute atomic E-state index is 0.0367. The van der Waals surface area contributed by atoms with E-state index in [0.717, 1.165) is 0 Å². The van der Waals surface area contributed by atoms with Gasteiger partial charge in [-0.15, -0.1) is 0 Å². The third-order valence-corrected chi connectivity index (χ3v) is 3.79. The molecular weight excluding hydrogens is 377 g/mol. The summed E-state index contributed by atoms with van der Waals surface area (Å²) in [5.41, 5.74) is 0.374. The Hall–Kier alpha value is -1.76. The number of fused-ring (bicyclic) bond motifs is 1. The Balaban J connectivity index is 2.10. The van der Waals surface area contributed by atoms with Crippen LogP contribution in [0.4, 0.5) is 8.78 Å². The van der Waals surface area contributed by atoms with Crippen molar-refractivity contribution in [3.8, 4) is 0 Å². The van der Waals surface area contributed by atoms with Gasteiger partial charge in [-0.05, 0) is 52.9 Å². The van der Waals surface area contributed by atoms with Gasteiger partial charge in [-0.2, -0.15) is 0 Å². The Morgan fingerprint density at radius 2 is 1.90 bits per heavy atom. The van der Waals surface area contributed by atoms with Crippen LogP contribution in [-0.4, -0.2) is 5.78 Å². The highest BCUT2D eigenvalue weighted by molar-refractivity contribution is 14.1. The van der Waals surface area contributed by atoms with Crippen molar-refractivity contribution in [1.82, 2.24) is 0 Å². The second kappa shape index (κ2) is 4.97. The van der Waals surface area contributed by atoms with E-state index < -0.39 is 17.4 Å². The largest absolute Gasteiger partial charge is 0.449 e. The fourth-order valence-corrected chi connectivity index (χ4v) is 2.67. The standard InChI is InChI=1S/C15H7F2IO2/c16-9-4-5-10(12(18)7-9)14(19)13-6-8-2-1-3-11(17)15(8)20-13/h1-7H. The van der Waals surface area contributed by atoms with Crippen LogP contribution >= 0.6 is 22.6 Å². The molecule has 0 spiro atoms. The van der Waals surface area contributed by atoms with Crippen molar-refractivity contribution in [2.45, 2.75) is 0 Å². The molecule has 0 fully saturated rings. The lowest BCUT2D eigenvalue weighted by molar-refractivity contribution is 0.101. The first-order valence-corrected chi connectivity index (χ1v) is 6.82. The quantitative estimate of drug-likeness (QED) is 0.480. The van der Waals surface area contributed by atoms with E-state index in [0.29, 0.717) is 14.5 Å². The summed E-state index contributed by atoms with van der Waals surface area (Å²) in [5, 5.41) is 0.519. The molecule has 5 heteroatoms. The number of halogens is 3. The van der Waals surface area contributed by atoms with E-state index in [2.05, 4.69) is 0 Å². The first-order valence-electron chi connectivity index (χ1n) is 5.74. The zero-order chi connectivity index (χ0) is 14.3. The van der Waals surface area contributed by atoms with Crippen LogP contribution in [0.2, 0.25) is 0 Å². The topological polar surface area (TPSA) is 30.2 Å². The minimum Gasteiger partial charge on any atom is -0.449 e. The second-order valence-corrected chi connectivity index (χ2v) is 5.38. The first-order chi connectivity index (χ1) is 9.56. The molecule has 0 saturated carbocycles. The van der Waals surface area contributed by atoms with Crippen LogP contribution in [0.25, 0.3) is 11.0 Å². The third kappa shape index (κ3) is 2.22. The van der Waals surface area contributed by atoms with Crippen molar-refractivity contribution in [3.05, 3.63) is 69.0 Å². The molecule has 100 valence electrons. The van der Waals surface area contributed by atoms with Gasteiger partial charge in [0.1, 0.15) is 5.82 Å². The number of carbonyl (C=O) groups is 1. The van der Waals surface area contributed by atoms with Crippen LogP contribution < -0.4 is 0 Å². The number of furan rings is 1. The number of para-hydroxylation sites is 1. The van der Waals surface area contributed by atoms with E-state index in [9.17, 15) is 13.6 Å². The number of benzene rings is 2. The van der Waals surface area contributed by atoms with E-state index in [1.165, 1.54) is 30.3 Å². The highest BCUT2D eigenvalue weighted by atomic mass is 127. The smallest absolute Gasteiger partial charge is 0.229 e. The predicted octanol–water partition coefficient (Wildman–Crippen LogP) is 4.55. The Kier molecular flexibility index (Phi) is 3.29. The summed E-state index contributed by atoms with van der Waals surface area (Å²) >= 11 is 1.88. The van der Waals surface area contributed by atoms with Crippen molar-refractivity contribution in [2.75, 3.05) is 0 Å². The maximum atomic E-state index is 13.5. The van der Waals surface area contributed by atoms with Gasteiger partial charge in [-0.25, -0.2) is 8.78 Å². The lowest BCUT2D eigenvalue weighted by Gasteiger charge is -2.01. The van der Waals surface area contributed by atoms with Gasteiger partial charge in [0, 0.05) is 14.5 Å². The highest BCUT2D eigenvalue weighted by Crippen LogP contribution is 2.25. The predicted molar refractivity (Wildman–Crippen MR) is 78.7 cm³/mol. The number of carbonyl (C=O) groups excluding carboxylic acids is 1. The van der Waals surface area contributed by atoms with Crippen LogP contribution in [0.1, 0.15) is 16.1 Å². The van der Waals surface area contributed by atoms with Crippen LogP contribution in [-0.2, 0) is 0 Å². The lowest BCUT2D eigenvalue weighted by Crippen LogP contribution is -2.02. The van der Waals surface area contributed by atoms with Crippen molar-refractivity contribution in [1.29, 1.82) is 0 Å². The fraction of sp³-hybridized carbons (Fsp3) is 0.